The molecular weight excluding hydrogens is 512 g/mol. The third-order valence-corrected chi connectivity index (χ3v) is 6.34. The van der Waals surface area contributed by atoms with Crippen LogP contribution in [0, 0.1) is 0 Å². The number of phenolic OH excluding ortho intramolecular Hbond substituents is 1. The Bertz CT molecular complexity index is 1530. The third-order valence-electron chi connectivity index (χ3n) is 6.34. The molecule has 0 saturated carbocycles. The molecule has 0 amide bonds. The summed E-state index contributed by atoms with van der Waals surface area (Å²) < 4.78 is 18.9. The van der Waals surface area contributed by atoms with Gasteiger partial charge in [0.15, 0.2) is 17.3 Å². The van der Waals surface area contributed by atoms with E-state index in [2.05, 4.69) is 0 Å². The zero-order valence-electron chi connectivity index (χ0n) is 22.5. The summed E-state index contributed by atoms with van der Waals surface area (Å²) in [5.41, 5.74) is 3.93. The van der Waals surface area contributed by atoms with Gasteiger partial charge in [-0.1, -0.05) is 109 Å². The van der Waals surface area contributed by atoms with Gasteiger partial charge in [-0.3, -0.25) is 4.79 Å². The molecule has 0 spiro atoms. The van der Waals surface area contributed by atoms with E-state index in [1.807, 2.05) is 103 Å². The number of aromatic hydroxyl groups is 1. The van der Waals surface area contributed by atoms with Crippen molar-refractivity contribution in [3.05, 3.63) is 161 Å². The highest BCUT2D eigenvalue weighted by atomic mass is 16.5. The minimum absolute atomic E-state index is 0.0643. The molecule has 5 nitrogen and oxygen atoms in total. The van der Waals surface area contributed by atoms with Crippen molar-refractivity contribution in [1.29, 1.82) is 0 Å². The Labute approximate surface area is 239 Å². The molecule has 0 saturated heterocycles. The molecule has 204 valence electrons. The van der Waals surface area contributed by atoms with Gasteiger partial charge < -0.3 is 19.3 Å². The van der Waals surface area contributed by atoms with Gasteiger partial charge in [-0.2, -0.15) is 0 Å². The van der Waals surface area contributed by atoms with E-state index in [4.69, 9.17) is 14.2 Å². The lowest BCUT2D eigenvalue weighted by Gasteiger charge is -2.18. The summed E-state index contributed by atoms with van der Waals surface area (Å²) in [6.45, 7) is 0.973. The monoisotopic (exact) mass is 542 g/mol. The minimum Gasteiger partial charge on any atom is -0.507 e. The highest BCUT2D eigenvalue weighted by Crippen LogP contribution is 2.41. The lowest BCUT2D eigenvalue weighted by molar-refractivity contribution is 0.104. The predicted molar refractivity (Wildman–Crippen MR) is 160 cm³/mol. The summed E-state index contributed by atoms with van der Waals surface area (Å²) in [5, 5.41) is 10.1. The number of allylic oxidation sites excluding steroid dienone is 1. The van der Waals surface area contributed by atoms with Crippen LogP contribution >= 0.6 is 0 Å². The molecular formula is C36H30O5. The van der Waals surface area contributed by atoms with Gasteiger partial charge in [0.2, 0.25) is 5.75 Å². The molecule has 0 atom stereocenters. The van der Waals surface area contributed by atoms with E-state index in [9.17, 15) is 9.90 Å². The highest BCUT2D eigenvalue weighted by Gasteiger charge is 2.17. The van der Waals surface area contributed by atoms with Crippen LogP contribution in [0.5, 0.6) is 23.0 Å². The number of ketones is 1. The lowest BCUT2D eigenvalue weighted by atomic mass is 10.1. The second kappa shape index (κ2) is 13.7. The van der Waals surface area contributed by atoms with Crippen molar-refractivity contribution in [3.63, 3.8) is 0 Å². The molecule has 0 aliphatic carbocycles. The zero-order chi connectivity index (χ0) is 28.3. The van der Waals surface area contributed by atoms with Crippen molar-refractivity contribution in [1.82, 2.24) is 0 Å². The van der Waals surface area contributed by atoms with Crippen LogP contribution in [0.15, 0.2) is 133 Å². The number of ether oxygens (including phenoxy) is 3. The first kappa shape index (κ1) is 27.3. The maximum absolute atomic E-state index is 12.8. The Hall–Kier alpha value is -5.29. The number of carbonyl (C=O) groups excluding carboxylic acids is 1. The Balaban J connectivity index is 1.49. The second-order valence-corrected chi connectivity index (χ2v) is 9.38. The third kappa shape index (κ3) is 7.64. The molecule has 0 bridgehead atoms. The summed E-state index contributed by atoms with van der Waals surface area (Å²) in [5.74, 6) is 1.08. The molecule has 0 unspecified atom stereocenters. The van der Waals surface area contributed by atoms with Gasteiger partial charge >= 0.3 is 0 Å². The standard InChI is InChI=1S/C36H30O5/c37-32-19-11-10-18-31(32)33(38)21-20-30-22-34(39-24-27-12-4-1-5-13-27)36(41-26-29-16-8-3-9-17-29)35(23-30)40-25-28-14-6-2-7-15-28/h1-23,37H,24-26H2. The van der Waals surface area contributed by atoms with Gasteiger partial charge in [0.05, 0.1) is 5.56 Å². The molecule has 0 heterocycles. The summed E-state index contributed by atoms with van der Waals surface area (Å²) >= 11 is 0. The van der Waals surface area contributed by atoms with Crippen LogP contribution in [0.2, 0.25) is 0 Å². The van der Waals surface area contributed by atoms with Gasteiger partial charge in [0.1, 0.15) is 25.6 Å². The molecule has 5 aromatic carbocycles. The average Bonchev–Trinajstić information content (AvgIpc) is 3.02. The molecule has 1 N–H and O–H groups in total. The van der Waals surface area contributed by atoms with Crippen molar-refractivity contribution in [3.8, 4) is 23.0 Å². The van der Waals surface area contributed by atoms with Crippen LogP contribution in [-0.4, -0.2) is 10.9 Å². The first-order chi connectivity index (χ1) is 20.2. The quantitative estimate of drug-likeness (QED) is 0.128. The average molecular weight is 543 g/mol. The normalized spacial score (nSPS) is 10.8. The molecule has 41 heavy (non-hydrogen) atoms. The van der Waals surface area contributed by atoms with E-state index in [0.29, 0.717) is 42.6 Å². The molecule has 5 aromatic rings. The first-order valence-corrected chi connectivity index (χ1v) is 13.3. The SMILES string of the molecule is O=C(C=Cc1cc(OCc2ccccc2)c(OCc2ccccc2)c(OCc2ccccc2)c1)c1ccccc1O. The largest absolute Gasteiger partial charge is 0.507 e. The summed E-state index contributed by atoms with van der Waals surface area (Å²) in [6.07, 6.45) is 3.11. The lowest BCUT2D eigenvalue weighted by Crippen LogP contribution is -2.04. The highest BCUT2D eigenvalue weighted by molar-refractivity contribution is 6.08. The van der Waals surface area contributed by atoms with Crippen LogP contribution in [0.3, 0.4) is 0 Å². The fourth-order valence-electron chi connectivity index (χ4n) is 4.19. The number of benzene rings is 5. The Kier molecular flexibility index (Phi) is 9.10. The number of rotatable bonds is 12. The molecule has 5 heteroatoms. The number of hydrogen-bond donors (Lipinski definition) is 1. The Morgan fingerprint density at radius 3 is 1.51 bits per heavy atom. The van der Waals surface area contributed by atoms with E-state index in [1.54, 1.807) is 24.3 Å². The molecule has 0 fully saturated rings. The Morgan fingerprint density at radius 1 is 0.585 bits per heavy atom. The molecule has 0 aliphatic rings. The molecule has 0 radical (unpaired) electrons. The number of hydrogen-bond acceptors (Lipinski definition) is 5. The number of phenols is 1. The number of para-hydroxylation sites is 1. The van der Waals surface area contributed by atoms with Gasteiger partial charge in [0.25, 0.3) is 0 Å². The predicted octanol–water partition coefficient (Wildman–Crippen LogP) is 8.03. The molecule has 5 rings (SSSR count). The zero-order valence-corrected chi connectivity index (χ0v) is 22.5. The van der Waals surface area contributed by atoms with Crippen molar-refractivity contribution in [2.75, 3.05) is 0 Å². The van der Waals surface area contributed by atoms with Crippen LogP contribution in [0.4, 0.5) is 0 Å². The number of carbonyl (C=O) groups is 1. The Morgan fingerprint density at radius 2 is 1.02 bits per heavy atom. The maximum Gasteiger partial charge on any atom is 0.203 e. The van der Waals surface area contributed by atoms with Gasteiger partial charge in [-0.25, -0.2) is 0 Å². The van der Waals surface area contributed by atoms with Crippen molar-refractivity contribution >= 4 is 11.9 Å². The fourth-order valence-corrected chi connectivity index (χ4v) is 4.19. The summed E-state index contributed by atoms with van der Waals surface area (Å²) in [6, 6.07) is 39.7. The van der Waals surface area contributed by atoms with Crippen molar-refractivity contribution in [2.24, 2.45) is 0 Å². The summed E-state index contributed by atoms with van der Waals surface area (Å²) in [7, 11) is 0. The fraction of sp³-hybridized carbons (Fsp3) is 0.0833. The maximum atomic E-state index is 12.8. The topological polar surface area (TPSA) is 65.0 Å². The van der Waals surface area contributed by atoms with E-state index in [0.717, 1.165) is 16.7 Å². The second-order valence-electron chi connectivity index (χ2n) is 9.38. The van der Waals surface area contributed by atoms with Gasteiger partial charge in [-0.15, -0.1) is 0 Å². The summed E-state index contributed by atoms with van der Waals surface area (Å²) in [4.78, 5) is 12.8. The van der Waals surface area contributed by atoms with E-state index >= 15 is 0 Å². The van der Waals surface area contributed by atoms with Crippen LogP contribution in [-0.2, 0) is 19.8 Å². The van der Waals surface area contributed by atoms with E-state index in [1.165, 1.54) is 12.1 Å². The van der Waals surface area contributed by atoms with Crippen molar-refractivity contribution in [2.45, 2.75) is 19.8 Å². The van der Waals surface area contributed by atoms with E-state index in [-0.39, 0.29) is 17.1 Å². The van der Waals surface area contributed by atoms with Gasteiger partial charge in [-0.05, 0) is 52.6 Å². The smallest absolute Gasteiger partial charge is 0.203 e. The van der Waals surface area contributed by atoms with Gasteiger partial charge in [0, 0.05) is 0 Å². The first-order valence-electron chi connectivity index (χ1n) is 13.3. The van der Waals surface area contributed by atoms with Crippen LogP contribution in [0.1, 0.15) is 32.6 Å². The van der Waals surface area contributed by atoms with Crippen LogP contribution < -0.4 is 14.2 Å². The minimum atomic E-state index is -0.314. The molecule has 0 aliphatic heterocycles. The van der Waals surface area contributed by atoms with Crippen molar-refractivity contribution < 1.29 is 24.1 Å². The van der Waals surface area contributed by atoms with Crippen LogP contribution in [0.25, 0.3) is 6.08 Å². The van der Waals surface area contributed by atoms with E-state index < -0.39 is 0 Å². The molecule has 0 aromatic heterocycles.